The van der Waals surface area contributed by atoms with Crippen LogP contribution in [0.1, 0.15) is 20.3 Å². The van der Waals surface area contributed by atoms with E-state index in [9.17, 15) is 0 Å². The summed E-state index contributed by atoms with van der Waals surface area (Å²) in [4.78, 5) is 0. The van der Waals surface area contributed by atoms with E-state index in [1.54, 1.807) is 0 Å². The third-order valence-electron chi connectivity index (χ3n) is 3.52. The highest BCUT2D eigenvalue weighted by Crippen LogP contribution is 2.19. The third kappa shape index (κ3) is 10.3. The van der Waals surface area contributed by atoms with Crippen LogP contribution in [0.25, 0.3) is 0 Å². The molecular weight excluding hydrogens is 326 g/mol. The van der Waals surface area contributed by atoms with Crippen LogP contribution in [0.2, 0.25) is 45.3 Å². The summed E-state index contributed by atoms with van der Waals surface area (Å²) in [5.74, 6) is 0.0930. The fourth-order valence-electron chi connectivity index (χ4n) is 2.65. The van der Waals surface area contributed by atoms with Gasteiger partial charge in [0.05, 0.1) is 16.3 Å². The van der Waals surface area contributed by atoms with Crippen LogP contribution in [-0.4, -0.2) is 62.7 Å². The minimum absolute atomic E-state index is 0.0930. The van der Waals surface area contributed by atoms with E-state index in [4.69, 9.17) is 14.2 Å². The van der Waals surface area contributed by atoms with Gasteiger partial charge in [-0.1, -0.05) is 45.3 Å². The molecule has 0 saturated heterocycles. The number of ether oxygens (including phenoxy) is 3. The number of nitrogens with zero attached hydrogens (tertiary/aromatic N) is 1. The van der Waals surface area contributed by atoms with Crippen molar-refractivity contribution in [3.8, 4) is 0 Å². The average Bonchev–Trinajstić information content (AvgIpc) is 2.34. The lowest BCUT2D eigenvalue weighted by Crippen LogP contribution is -2.59. The van der Waals surface area contributed by atoms with Crippen LogP contribution >= 0.6 is 0 Å². The molecule has 0 aromatic heterocycles. The fourth-order valence-corrected chi connectivity index (χ4v) is 13.3. The van der Waals surface area contributed by atoms with Crippen molar-refractivity contribution >= 4 is 26.0 Å². The lowest BCUT2D eigenvalue weighted by Gasteiger charge is -2.43. The number of hydrogen-bond acceptors (Lipinski definition) is 4. The summed E-state index contributed by atoms with van der Waals surface area (Å²) in [5, 5.41) is 0. The molecule has 0 N–H and O–H groups in total. The van der Waals surface area contributed by atoms with Crippen LogP contribution in [0.4, 0.5) is 0 Å². The molecule has 0 atom stereocenters. The molecule has 4 nitrogen and oxygen atoms in total. The van der Waals surface area contributed by atoms with Gasteiger partial charge >= 0.3 is 0 Å². The first-order valence-electron chi connectivity index (χ1n) is 8.71. The summed E-state index contributed by atoms with van der Waals surface area (Å²) in [6, 6.07) is 1.23. The molecule has 134 valence electrons. The highest BCUT2D eigenvalue weighted by molar-refractivity contribution is 6.89. The second-order valence-electron chi connectivity index (χ2n) is 7.64. The molecule has 0 heterocycles. The Morgan fingerprint density at radius 1 is 0.909 bits per heavy atom. The SMILES string of the molecule is CCOC(OCC)[SiH2]CCCOCN([Si](C)(C)C)[Si](C)(C)C. The molecule has 0 rings (SSSR count). The van der Waals surface area contributed by atoms with E-state index in [0.29, 0.717) is 0 Å². The topological polar surface area (TPSA) is 30.9 Å². The van der Waals surface area contributed by atoms with Crippen molar-refractivity contribution in [2.75, 3.05) is 26.6 Å². The van der Waals surface area contributed by atoms with E-state index in [0.717, 1.165) is 33.0 Å². The zero-order chi connectivity index (χ0) is 17.2. The molecule has 0 aliphatic heterocycles. The normalized spacial score (nSPS) is 13.9. The van der Waals surface area contributed by atoms with E-state index < -0.39 is 16.5 Å². The molecule has 7 heteroatoms. The maximum absolute atomic E-state index is 5.99. The van der Waals surface area contributed by atoms with Crippen LogP contribution in [-0.2, 0) is 14.2 Å². The minimum Gasteiger partial charge on any atom is -0.367 e. The van der Waals surface area contributed by atoms with Gasteiger partial charge in [0, 0.05) is 19.8 Å². The predicted molar refractivity (Wildman–Crippen MR) is 104 cm³/mol. The molecule has 22 heavy (non-hydrogen) atoms. The Balaban J connectivity index is 3.96. The van der Waals surface area contributed by atoms with Gasteiger partial charge in [-0.3, -0.25) is 0 Å². The molecule has 0 aromatic rings. The van der Waals surface area contributed by atoms with Crippen LogP contribution in [0.15, 0.2) is 0 Å². The van der Waals surface area contributed by atoms with Crippen molar-refractivity contribution in [2.24, 2.45) is 0 Å². The summed E-state index contributed by atoms with van der Waals surface area (Å²) in [6.07, 6.45) is 1.13. The molecule has 0 aliphatic rings. The Bertz CT molecular complexity index is 260. The quantitative estimate of drug-likeness (QED) is 0.285. The van der Waals surface area contributed by atoms with Crippen LogP contribution < -0.4 is 0 Å². The van der Waals surface area contributed by atoms with E-state index >= 15 is 0 Å². The lowest BCUT2D eigenvalue weighted by atomic mass is 10.5. The lowest BCUT2D eigenvalue weighted by molar-refractivity contribution is -0.0828. The largest absolute Gasteiger partial charge is 0.367 e. The van der Waals surface area contributed by atoms with Gasteiger partial charge in [-0.15, -0.1) is 0 Å². The van der Waals surface area contributed by atoms with Crippen LogP contribution in [0.3, 0.4) is 0 Å². The fraction of sp³-hybridized carbons (Fsp3) is 1.00. The van der Waals surface area contributed by atoms with Crippen molar-refractivity contribution in [1.29, 1.82) is 0 Å². The average molecular weight is 366 g/mol. The third-order valence-corrected chi connectivity index (χ3v) is 12.9. The maximum Gasteiger partial charge on any atom is 0.134 e. The Labute approximate surface area is 142 Å². The zero-order valence-corrected chi connectivity index (χ0v) is 19.6. The monoisotopic (exact) mass is 365 g/mol. The Kier molecular flexibility index (Phi) is 11.4. The van der Waals surface area contributed by atoms with Crippen molar-refractivity contribution < 1.29 is 14.2 Å². The second-order valence-corrected chi connectivity index (χ2v) is 19.8. The Morgan fingerprint density at radius 3 is 1.82 bits per heavy atom. The molecule has 0 radical (unpaired) electrons. The van der Waals surface area contributed by atoms with Gasteiger partial charge in [-0.05, 0) is 20.3 Å². The van der Waals surface area contributed by atoms with Gasteiger partial charge in [0.15, 0.2) is 0 Å². The van der Waals surface area contributed by atoms with E-state index in [-0.39, 0.29) is 15.4 Å². The van der Waals surface area contributed by atoms with Gasteiger partial charge in [0.1, 0.15) is 22.4 Å². The summed E-state index contributed by atoms with van der Waals surface area (Å²) in [6.45, 7) is 21.7. The first-order valence-corrected chi connectivity index (χ1v) is 17.4. The minimum atomic E-state index is -1.29. The van der Waals surface area contributed by atoms with Gasteiger partial charge in [0.2, 0.25) is 0 Å². The highest BCUT2D eigenvalue weighted by Gasteiger charge is 2.34. The first-order chi connectivity index (χ1) is 10.1. The maximum atomic E-state index is 5.99. The molecule has 0 aliphatic carbocycles. The Hall–Kier alpha value is 0.491. The second kappa shape index (κ2) is 11.1. The molecule has 0 bridgehead atoms. The molecular formula is C15H39NO3Si3. The zero-order valence-electron chi connectivity index (χ0n) is 16.2. The summed E-state index contributed by atoms with van der Waals surface area (Å²) in [7, 11) is -2.90. The van der Waals surface area contributed by atoms with Gasteiger partial charge in [-0.2, -0.15) is 0 Å². The molecule has 0 fully saturated rings. The first kappa shape index (κ1) is 22.5. The van der Waals surface area contributed by atoms with Crippen molar-refractivity contribution in [1.82, 2.24) is 4.23 Å². The van der Waals surface area contributed by atoms with Crippen molar-refractivity contribution in [3.63, 3.8) is 0 Å². The highest BCUT2D eigenvalue weighted by atomic mass is 28.4. The summed E-state index contributed by atoms with van der Waals surface area (Å²) in [5.41, 5.74) is 0. The summed E-state index contributed by atoms with van der Waals surface area (Å²) < 4.78 is 19.9. The number of hydrogen-bond donors (Lipinski definition) is 0. The molecule has 0 spiro atoms. The predicted octanol–water partition coefficient (Wildman–Crippen LogP) is 3.27. The number of rotatable bonds is 13. The van der Waals surface area contributed by atoms with Crippen LogP contribution in [0, 0.1) is 0 Å². The molecule has 0 amide bonds. The van der Waals surface area contributed by atoms with Crippen molar-refractivity contribution in [2.45, 2.75) is 71.5 Å². The van der Waals surface area contributed by atoms with Crippen molar-refractivity contribution in [3.05, 3.63) is 0 Å². The van der Waals surface area contributed by atoms with Gasteiger partial charge in [-0.25, -0.2) is 0 Å². The standard InChI is InChI=1S/C15H39NO3Si3/c1-9-18-15(19-10-2)20-13-11-12-17-14-16(21(3,4)5)22(6,7)8/h15H,9-14,20H2,1-8H3. The molecule has 0 unspecified atom stereocenters. The molecule has 0 saturated carbocycles. The smallest absolute Gasteiger partial charge is 0.134 e. The van der Waals surface area contributed by atoms with E-state index in [1.165, 1.54) is 6.04 Å². The van der Waals surface area contributed by atoms with Gasteiger partial charge < -0.3 is 18.4 Å². The van der Waals surface area contributed by atoms with Gasteiger partial charge in [0.25, 0.3) is 0 Å². The van der Waals surface area contributed by atoms with E-state index in [1.807, 2.05) is 13.8 Å². The molecule has 0 aromatic carbocycles. The Morgan fingerprint density at radius 2 is 1.41 bits per heavy atom. The summed E-state index contributed by atoms with van der Waals surface area (Å²) >= 11 is 0. The van der Waals surface area contributed by atoms with Crippen LogP contribution in [0.5, 0.6) is 0 Å². The van der Waals surface area contributed by atoms with E-state index in [2.05, 4.69) is 43.5 Å².